The molecule has 0 aromatic carbocycles. The van der Waals surface area contributed by atoms with Crippen LogP contribution in [0.3, 0.4) is 0 Å². The van der Waals surface area contributed by atoms with Gasteiger partial charge in [-0.05, 0) is 6.42 Å². The Balaban J connectivity index is 4.29. The van der Waals surface area contributed by atoms with Crippen LogP contribution in [0.15, 0.2) is 0 Å². The number of rotatable bonds is 10. The number of amides is 3. The number of aliphatic carboxylic acids is 2. The van der Waals surface area contributed by atoms with E-state index >= 15 is 0 Å². The van der Waals surface area contributed by atoms with Crippen LogP contribution in [-0.2, 0) is 24.0 Å². The van der Waals surface area contributed by atoms with Crippen molar-refractivity contribution in [2.75, 3.05) is 6.54 Å². The van der Waals surface area contributed by atoms with Gasteiger partial charge in [0.15, 0.2) is 0 Å². The molecule has 11 heteroatoms. The van der Waals surface area contributed by atoms with Crippen molar-refractivity contribution in [1.29, 1.82) is 0 Å². The molecule has 0 saturated heterocycles. The molecule has 0 rings (SSSR count). The van der Waals surface area contributed by atoms with Gasteiger partial charge in [0, 0.05) is 6.42 Å². The van der Waals surface area contributed by atoms with E-state index in [2.05, 4.69) is 10.6 Å². The van der Waals surface area contributed by atoms with Crippen molar-refractivity contribution < 1.29 is 34.2 Å². The smallest absolute Gasteiger partial charge is 0.326 e. The Morgan fingerprint density at radius 3 is 2.14 bits per heavy atom. The van der Waals surface area contributed by atoms with Gasteiger partial charge in [0.25, 0.3) is 0 Å². The van der Waals surface area contributed by atoms with E-state index in [1.54, 1.807) is 0 Å². The Morgan fingerprint density at radius 1 is 1.09 bits per heavy atom. The molecule has 0 aromatic rings. The van der Waals surface area contributed by atoms with E-state index in [-0.39, 0.29) is 12.8 Å². The van der Waals surface area contributed by atoms with Gasteiger partial charge in [0.1, 0.15) is 6.04 Å². The molecule has 0 aliphatic heterocycles. The van der Waals surface area contributed by atoms with Crippen LogP contribution >= 0.6 is 0 Å². The molecule has 2 atom stereocenters. The standard InChI is InChI=1S/C11H18N4O7/c12-5(3-9(18)19)10(20)14-4-8(17)15-6(11(21)22)1-2-7(13)16/h5-6H,1-4,12H2,(H2,13,16)(H,14,20)(H,15,17)(H,18,19)(H,21,22). The number of hydrogen-bond acceptors (Lipinski definition) is 6. The summed E-state index contributed by atoms with van der Waals surface area (Å²) >= 11 is 0. The van der Waals surface area contributed by atoms with Crippen molar-refractivity contribution in [3.63, 3.8) is 0 Å². The molecule has 0 aliphatic rings. The van der Waals surface area contributed by atoms with Crippen LogP contribution in [0, 0.1) is 0 Å². The number of carbonyl (C=O) groups excluding carboxylic acids is 3. The molecule has 124 valence electrons. The number of hydrogen-bond donors (Lipinski definition) is 6. The van der Waals surface area contributed by atoms with Gasteiger partial charge in [-0.15, -0.1) is 0 Å². The zero-order valence-corrected chi connectivity index (χ0v) is 11.6. The van der Waals surface area contributed by atoms with E-state index in [9.17, 15) is 24.0 Å². The fourth-order valence-corrected chi connectivity index (χ4v) is 1.37. The first-order valence-corrected chi connectivity index (χ1v) is 6.19. The van der Waals surface area contributed by atoms with Crippen molar-refractivity contribution in [1.82, 2.24) is 10.6 Å². The summed E-state index contributed by atoms with van der Waals surface area (Å²) < 4.78 is 0. The fourth-order valence-electron chi connectivity index (χ4n) is 1.37. The maximum atomic E-state index is 11.5. The van der Waals surface area contributed by atoms with E-state index in [1.165, 1.54) is 0 Å². The van der Waals surface area contributed by atoms with Crippen LogP contribution in [0.5, 0.6) is 0 Å². The lowest BCUT2D eigenvalue weighted by atomic mass is 10.1. The highest BCUT2D eigenvalue weighted by atomic mass is 16.4. The summed E-state index contributed by atoms with van der Waals surface area (Å²) in [6.45, 7) is -0.577. The van der Waals surface area contributed by atoms with Crippen LogP contribution in [0.25, 0.3) is 0 Å². The van der Waals surface area contributed by atoms with E-state index < -0.39 is 54.7 Å². The van der Waals surface area contributed by atoms with Crippen molar-refractivity contribution in [3.8, 4) is 0 Å². The van der Waals surface area contributed by atoms with Gasteiger partial charge in [-0.2, -0.15) is 0 Å². The molecule has 8 N–H and O–H groups in total. The number of carboxylic acid groups (broad SMARTS) is 2. The largest absolute Gasteiger partial charge is 0.481 e. The monoisotopic (exact) mass is 318 g/mol. The third kappa shape index (κ3) is 8.47. The summed E-state index contributed by atoms with van der Waals surface area (Å²) in [5.41, 5.74) is 10.1. The quantitative estimate of drug-likeness (QED) is 0.241. The second-order valence-corrected chi connectivity index (χ2v) is 4.39. The van der Waals surface area contributed by atoms with Crippen molar-refractivity contribution in [3.05, 3.63) is 0 Å². The number of carboxylic acids is 2. The van der Waals surface area contributed by atoms with E-state index in [1.807, 2.05) is 0 Å². The third-order valence-corrected chi connectivity index (χ3v) is 2.47. The maximum Gasteiger partial charge on any atom is 0.326 e. The number of primary amides is 1. The first-order valence-electron chi connectivity index (χ1n) is 6.19. The van der Waals surface area contributed by atoms with Gasteiger partial charge >= 0.3 is 11.9 Å². The number of nitrogens with one attached hydrogen (secondary N) is 2. The zero-order chi connectivity index (χ0) is 17.3. The Labute approximate surface area is 125 Å². The third-order valence-electron chi connectivity index (χ3n) is 2.47. The number of carbonyl (C=O) groups is 5. The lowest BCUT2D eigenvalue weighted by Crippen LogP contribution is -2.49. The summed E-state index contributed by atoms with van der Waals surface area (Å²) in [5.74, 6) is -5.03. The topological polar surface area (TPSA) is 202 Å². The molecule has 0 spiro atoms. The Morgan fingerprint density at radius 2 is 1.68 bits per heavy atom. The van der Waals surface area contributed by atoms with Crippen molar-refractivity contribution in [2.45, 2.75) is 31.3 Å². The van der Waals surface area contributed by atoms with E-state index in [0.29, 0.717) is 0 Å². The fraction of sp³-hybridized carbons (Fsp3) is 0.545. The molecule has 2 unspecified atom stereocenters. The van der Waals surface area contributed by atoms with Crippen LogP contribution in [0.2, 0.25) is 0 Å². The van der Waals surface area contributed by atoms with Crippen LogP contribution in [0.1, 0.15) is 19.3 Å². The minimum absolute atomic E-state index is 0.192. The SMILES string of the molecule is NC(=O)CCC(NC(=O)CNC(=O)C(N)CC(=O)O)C(=O)O. The lowest BCUT2D eigenvalue weighted by Gasteiger charge is -2.15. The molecule has 0 radical (unpaired) electrons. The molecule has 0 heterocycles. The van der Waals surface area contributed by atoms with Crippen molar-refractivity contribution >= 4 is 29.7 Å². The summed E-state index contributed by atoms with van der Waals surface area (Å²) in [6, 6.07) is -2.65. The molecule has 0 aliphatic carbocycles. The first kappa shape index (κ1) is 19.3. The van der Waals surface area contributed by atoms with Gasteiger partial charge in [0.2, 0.25) is 17.7 Å². The predicted molar refractivity (Wildman–Crippen MR) is 71.2 cm³/mol. The van der Waals surface area contributed by atoms with Gasteiger partial charge in [-0.25, -0.2) is 4.79 Å². The van der Waals surface area contributed by atoms with Gasteiger partial charge in [-0.3, -0.25) is 19.2 Å². The minimum Gasteiger partial charge on any atom is -0.481 e. The van der Waals surface area contributed by atoms with Gasteiger partial charge in [0.05, 0.1) is 19.0 Å². The van der Waals surface area contributed by atoms with Crippen molar-refractivity contribution in [2.24, 2.45) is 11.5 Å². The molecular formula is C11H18N4O7. The second kappa shape index (κ2) is 9.28. The Hall–Kier alpha value is -2.69. The molecule has 0 aromatic heterocycles. The second-order valence-electron chi connectivity index (χ2n) is 4.39. The summed E-state index contributed by atoms with van der Waals surface area (Å²) in [4.78, 5) is 54.7. The summed E-state index contributed by atoms with van der Waals surface area (Å²) in [6.07, 6.45) is -1.03. The highest BCUT2D eigenvalue weighted by molar-refractivity contribution is 5.91. The molecule has 0 fully saturated rings. The molecule has 3 amide bonds. The summed E-state index contributed by atoms with van der Waals surface area (Å²) in [7, 11) is 0. The lowest BCUT2D eigenvalue weighted by molar-refractivity contribution is -0.142. The van der Waals surface area contributed by atoms with E-state index in [0.717, 1.165) is 0 Å². The maximum absolute atomic E-state index is 11.5. The minimum atomic E-state index is -1.36. The molecule has 0 saturated carbocycles. The zero-order valence-electron chi connectivity index (χ0n) is 11.6. The Kier molecular flexibility index (Phi) is 8.15. The van der Waals surface area contributed by atoms with Crippen LogP contribution < -0.4 is 22.1 Å². The molecule has 22 heavy (non-hydrogen) atoms. The number of nitrogens with two attached hydrogens (primary N) is 2. The first-order chi connectivity index (χ1) is 10.1. The average Bonchev–Trinajstić information content (AvgIpc) is 2.39. The molecule has 11 nitrogen and oxygen atoms in total. The Bertz CT molecular complexity index is 465. The summed E-state index contributed by atoms with van der Waals surface area (Å²) in [5, 5.41) is 21.5. The predicted octanol–water partition coefficient (Wildman–Crippen LogP) is -3.26. The van der Waals surface area contributed by atoms with Crippen LogP contribution in [-0.4, -0.2) is 58.5 Å². The highest BCUT2D eigenvalue weighted by Crippen LogP contribution is 1.97. The molecular weight excluding hydrogens is 300 g/mol. The highest BCUT2D eigenvalue weighted by Gasteiger charge is 2.22. The average molecular weight is 318 g/mol. The molecule has 0 bridgehead atoms. The van der Waals surface area contributed by atoms with Crippen LogP contribution in [0.4, 0.5) is 0 Å². The van der Waals surface area contributed by atoms with E-state index in [4.69, 9.17) is 21.7 Å². The normalized spacial score (nSPS) is 12.8. The van der Waals surface area contributed by atoms with Gasteiger partial charge < -0.3 is 32.3 Å². The van der Waals surface area contributed by atoms with Gasteiger partial charge in [-0.1, -0.05) is 0 Å².